The zero-order chi connectivity index (χ0) is 12.8. The summed E-state index contributed by atoms with van der Waals surface area (Å²) in [5.74, 6) is 0. The summed E-state index contributed by atoms with van der Waals surface area (Å²) in [7, 11) is 0. The highest BCUT2D eigenvalue weighted by Gasteiger charge is 2.08. The first-order valence-corrected chi connectivity index (χ1v) is 7.35. The van der Waals surface area contributed by atoms with E-state index in [1.54, 1.807) is 11.3 Å². The highest BCUT2D eigenvalue weighted by molar-refractivity contribution is 7.15. The highest BCUT2D eigenvalue weighted by Crippen LogP contribution is 2.27. The van der Waals surface area contributed by atoms with Crippen LogP contribution >= 0.6 is 11.3 Å². The Morgan fingerprint density at radius 2 is 2.00 bits per heavy atom. The maximum Gasteiger partial charge on any atom is 0.123 e. The molecular weight excluding hydrogens is 240 g/mol. The molecule has 96 valence electrons. The number of rotatable bonds is 6. The smallest absolute Gasteiger partial charge is 0.123 e. The lowest BCUT2D eigenvalue weighted by atomic mass is 10.2. The molecule has 0 atom stereocenters. The molecule has 0 fully saturated rings. The minimum absolute atomic E-state index is 0.941. The van der Waals surface area contributed by atoms with Crippen molar-refractivity contribution in [2.75, 3.05) is 6.54 Å². The van der Waals surface area contributed by atoms with Crippen molar-refractivity contribution in [2.45, 2.75) is 33.2 Å². The summed E-state index contributed by atoms with van der Waals surface area (Å²) in [4.78, 5) is 6.01. The van der Waals surface area contributed by atoms with Gasteiger partial charge in [-0.3, -0.25) is 0 Å². The van der Waals surface area contributed by atoms with Gasteiger partial charge < -0.3 is 5.32 Å². The summed E-state index contributed by atoms with van der Waals surface area (Å²) in [5, 5.41) is 4.60. The van der Waals surface area contributed by atoms with Gasteiger partial charge in [0.15, 0.2) is 0 Å². The molecule has 1 heterocycles. The van der Waals surface area contributed by atoms with Crippen LogP contribution in [-0.4, -0.2) is 11.5 Å². The molecule has 1 aromatic carbocycles. The SMILES string of the molecule is CCCCNCc1sc(-c2ccccc2)nc1C. The van der Waals surface area contributed by atoms with E-state index in [4.69, 9.17) is 0 Å². The average molecular weight is 260 g/mol. The fraction of sp³-hybridized carbons (Fsp3) is 0.400. The topological polar surface area (TPSA) is 24.9 Å². The first kappa shape index (κ1) is 13.2. The second-order valence-electron chi connectivity index (χ2n) is 4.42. The minimum atomic E-state index is 0.941. The first-order chi connectivity index (χ1) is 8.81. The number of aromatic nitrogens is 1. The van der Waals surface area contributed by atoms with Gasteiger partial charge in [0.1, 0.15) is 5.01 Å². The van der Waals surface area contributed by atoms with Crippen LogP contribution in [0, 0.1) is 6.92 Å². The largest absolute Gasteiger partial charge is 0.312 e. The maximum atomic E-state index is 4.66. The van der Waals surface area contributed by atoms with E-state index in [1.807, 2.05) is 6.07 Å². The number of unbranched alkanes of at least 4 members (excludes halogenated alkanes) is 1. The molecule has 1 aromatic heterocycles. The summed E-state index contributed by atoms with van der Waals surface area (Å²) >= 11 is 1.80. The normalized spacial score (nSPS) is 10.8. The number of nitrogens with zero attached hydrogens (tertiary/aromatic N) is 1. The summed E-state index contributed by atoms with van der Waals surface area (Å²) in [6, 6.07) is 10.4. The Morgan fingerprint density at radius 1 is 1.22 bits per heavy atom. The summed E-state index contributed by atoms with van der Waals surface area (Å²) < 4.78 is 0. The van der Waals surface area contributed by atoms with E-state index in [2.05, 4.69) is 48.4 Å². The molecular formula is C15H20N2S. The van der Waals surface area contributed by atoms with Gasteiger partial charge in [-0.05, 0) is 19.9 Å². The van der Waals surface area contributed by atoms with E-state index in [0.717, 1.165) is 23.8 Å². The Kier molecular flexibility index (Phi) is 4.90. The van der Waals surface area contributed by atoms with Gasteiger partial charge in [-0.1, -0.05) is 43.7 Å². The Hall–Kier alpha value is -1.19. The molecule has 0 bridgehead atoms. The quantitative estimate of drug-likeness (QED) is 0.794. The van der Waals surface area contributed by atoms with Crippen LogP contribution in [-0.2, 0) is 6.54 Å². The van der Waals surface area contributed by atoms with E-state index in [0.29, 0.717) is 0 Å². The Balaban J connectivity index is 2.03. The third-order valence-corrected chi connectivity index (χ3v) is 4.11. The van der Waals surface area contributed by atoms with Gasteiger partial charge in [0.25, 0.3) is 0 Å². The molecule has 3 heteroatoms. The van der Waals surface area contributed by atoms with E-state index < -0.39 is 0 Å². The van der Waals surface area contributed by atoms with Gasteiger partial charge in [0, 0.05) is 17.0 Å². The van der Waals surface area contributed by atoms with Crippen LogP contribution in [0.2, 0.25) is 0 Å². The number of thiazole rings is 1. The van der Waals surface area contributed by atoms with Gasteiger partial charge in [0.05, 0.1) is 5.69 Å². The van der Waals surface area contributed by atoms with Gasteiger partial charge in [-0.25, -0.2) is 4.98 Å². The second kappa shape index (κ2) is 6.66. The molecule has 0 radical (unpaired) electrons. The second-order valence-corrected chi connectivity index (χ2v) is 5.51. The van der Waals surface area contributed by atoms with Crippen molar-refractivity contribution in [1.82, 2.24) is 10.3 Å². The molecule has 2 rings (SSSR count). The molecule has 0 unspecified atom stereocenters. The maximum absolute atomic E-state index is 4.66. The number of hydrogen-bond acceptors (Lipinski definition) is 3. The van der Waals surface area contributed by atoms with Crippen LogP contribution in [0.5, 0.6) is 0 Å². The van der Waals surface area contributed by atoms with Crippen LogP contribution < -0.4 is 5.32 Å². The molecule has 18 heavy (non-hydrogen) atoms. The third-order valence-electron chi connectivity index (χ3n) is 2.91. The monoisotopic (exact) mass is 260 g/mol. The number of hydrogen-bond donors (Lipinski definition) is 1. The number of aryl methyl sites for hydroxylation is 1. The number of nitrogens with one attached hydrogen (secondary N) is 1. The van der Waals surface area contributed by atoms with Crippen molar-refractivity contribution in [3.8, 4) is 10.6 Å². The standard InChI is InChI=1S/C15H20N2S/c1-3-4-10-16-11-14-12(2)17-15(18-14)13-8-6-5-7-9-13/h5-9,16H,3-4,10-11H2,1-2H3. The Morgan fingerprint density at radius 3 is 2.72 bits per heavy atom. The van der Waals surface area contributed by atoms with Gasteiger partial charge >= 0.3 is 0 Å². The average Bonchev–Trinajstić information content (AvgIpc) is 2.77. The van der Waals surface area contributed by atoms with Gasteiger partial charge in [-0.2, -0.15) is 0 Å². The molecule has 1 N–H and O–H groups in total. The summed E-state index contributed by atoms with van der Waals surface area (Å²) in [6.07, 6.45) is 2.48. The van der Waals surface area contributed by atoms with Crippen LogP contribution in [0.1, 0.15) is 30.3 Å². The van der Waals surface area contributed by atoms with Crippen LogP contribution in [0.3, 0.4) is 0 Å². The van der Waals surface area contributed by atoms with Crippen molar-refractivity contribution in [3.05, 3.63) is 40.9 Å². The first-order valence-electron chi connectivity index (χ1n) is 6.53. The third kappa shape index (κ3) is 3.40. The highest BCUT2D eigenvalue weighted by atomic mass is 32.1. The van der Waals surface area contributed by atoms with Crippen molar-refractivity contribution < 1.29 is 0 Å². The van der Waals surface area contributed by atoms with Crippen LogP contribution in [0.4, 0.5) is 0 Å². The Labute approximate surface area is 113 Å². The lowest BCUT2D eigenvalue weighted by Crippen LogP contribution is -2.14. The van der Waals surface area contributed by atoms with Crippen LogP contribution in [0.15, 0.2) is 30.3 Å². The van der Waals surface area contributed by atoms with Crippen molar-refractivity contribution >= 4 is 11.3 Å². The predicted octanol–water partition coefficient (Wildman–Crippen LogP) is 4.01. The van der Waals surface area contributed by atoms with Crippen molar-refractivity contribution in [3.63, 3.8) is 0 Å². The van der Waals surface area contributed by atoms with Crippen molar-refractivity contribution in [1.29, 1.82) is 0 Å². The predicted molar refractivity (Wildman–Crippen MR) is 78.9 cm³/mol. The molecule has 0 aliphatic carbocycles. The summed E-state index contributed by atoms with van der Waals surface area (Å²) in [5.41, 5.74) is 2.37. The molecule has 0 saturated carbocycles. The fourth-order valence-electron chi connectivity index (χ4n) is 1.80. The van der Waals surface area contributed by atoms with E-state index >= 15 is 0 Å². The summed E-state index contributed by atoms with van der Waals surface area (Å²) in [6.45, 7) is 6.34. The Bertz CT molecular complexity index is 476. The van der Waals surface area contributed by atoms with E-state index in [1.165, 1.54) is 23.3 Å². The molecule has 2 aromatic rings. The fourth-order valence-corrected chi connectivity index (χ4v) is 2.84. The molecule has 0 aliphatic heterocycles. The molecule has 0 spiro atoms. The minimum Gasteiger partial charge on any atom is -0.312 e. The molecule has 2 nitrogen and oxygen atoms in total. The van der Waals surface area contributed by atoms with E-state index in [9.17, 15) is 0 Å². The molecule has 0 aliphatic rings. The molecule has 0 amide bonds. The molecule has 0 saturated heterocycles. The van der Waals surface area contributed by atoms with Gasteiger partial charge in [-0.15, -0.1) is 11.3 Å². The van der Waals surface area contributed by atoms with E-state index in [-0.39, 0.29) is 0 Å². The van der Waals surface area contributed by atoms with Gasteiger partial charge in [0.2, 0.25) is 0 Å². The zero-order valence-electron chi connectivity index (χ0n) is 11.1. The zero-order valence-corrected chi connectivity index (χ0v) is 11.9. The lowest BCUT2D eigenvalue weighted by molar-refractivity contribution is 0.644. The van der Waals surface area contributed by atoms with Crippen LogP contribution in [0.25, 0.3) is 10.6 Å². The van der Waals surface area contributed by atoms with Crippen molar-refractivity contribution in [2.24, 2.45) is 0 Å². The number of benzene rings is 1. The lowest BCUT2D eigenvalue weighted by Gasteiger charge is -2.01.